The molecule has 2 saturated heterocycles. The van der Waals surface area contributed by atoms with Crippen molar-refractivity contribution in [1.29, 1.82) is 0 Å². The van der Waals surface area contributed by atoms with Gasteiger partial charge in [0.25, 0.3) is 0 Å². The lowest BCUT2D eigenvalue weighted by atomic mass is 10.4. The van der Waals surface area contributed by atoms with E-state index in [1.165, 1.54) is 0 Å². The fourth-order valence-corrected chi connectivity index (χ4v) is 1.75. The molecule has 1 amide bonds. The zero-order valence-corrected chi connectivity index (χ0v) is 8.87. The number of hydroxylamine groups is 2. The molecule has 0 radical (unpaired) electrons. The van der Waals surface area contributed by atoms with Gasteiger partial charge in [-0.25, -0.2) is 4.79 Å². The second kappa shape index (κ2) is 5.29. The van der Waals surface area contributed by atoms with Crippen LogP contribution in [0.2, 0.25) is 0 Å². The highest BCUT2D eigenvalue weighted by molar-refractivity contribution is 5.67. The minimum atomic E-state index is -0.210. The Bertz CT molecular complexity index is 212. The molecule has 0 aromatic heterocycles. The lowest BCUT2D eigenvalue weighted by Gasteiger charge is -2.31. The number of piperazine rings is 2. The average Bonchev–Trinajstić information content (AvgIpc) is 2.31. The van der Waals surface area contributed by atoms with Crippen molar-refractivity contribution in [3.05, 3.63) is 0 Å². The monoisotopic (exact) mass is 214 g/mol. The van der Waals surface area contributed by atoms with E-state index in [4.69, 9.17) is 4.84 Å². The van der Waals surface area contributed by atoms with E-state index in [1.54, 1.807) is 9.96 Å². The van der Waals surface area contributed by atoms with Crippen LogP contribution in [0.1, 0.15) is 0 Å². The third kappa shape index (κ3) is 3.05. The lowest BCUT2D eigenvalue weighted by Crippen LogP contribution is -2.50. The number of nitrogens with zero attached hydrogens (tertiary/aromatic N) is 2. The van der Waals surface area contributed by atoms with Crippen molar-refractivity contribution < 1.29 is 9.63 Å². The smallest absolute Gasteiger partial charge is 0.351 e. The summed E-state index contributed by atoms with van der Waals surface area (Å²) in [5, 5.41) is 8.15. The topological polar surface area (TPSA) is 56.8 Å². The summed E-state index contributed by atoms with van der Waals surface area (Å²) in [5.41, 5.74) is 0. The number of nitrogens with one attached hydrogen (secondary N) is 2. The van der Waals surface area contributed by atoms with Gasteiger partial charge < -0.3 is 20.4 Å². The van der Waals surface area contributed by atoms with E-state index in [9.17, 15) is 4.79 Å². The molecular weight excluding hydrogens is 196 g/mol. The number of carbonyl (C=O) groups is 1. The van der Waals surface area contributed by atoms with Crippen LogP contribution in [-0.2, 0) is 4.84 Å². The molecule has 0 aromatic carbocycles. The number of amides is 1. The Labute approximate surface area is 89.5 Å². The van der Waals surface area contributed by atoms with E-state index >= 15 is 0 Å². The van der Waals surface area contributed by atoms with Gasteiger partial charge >= 0.3 is 6.09 Å². The normalized spacial score (nSPS) is 23.9. The molecule has 0 spiro atoms. The zero-order valence-electron chi connectivity index (χ0n) is 8.87. The number of rotatable bonds is 1. The second-order valence-electron chi connectivity index (χ2n) is 3.77. The Morgan fingerprint density at radius 3 is 2.07 bits per heavy atom. The van der Waals surface area contributed by atoms with E-state index in [0.29, 0.717) is 0 Å². The van der Waals surface area contributed by atoms with Crippen LogP contribution < -0.4 is 10.6 Å². The number of hydrogen-bond acceptors (Lipinski definition) is 5. The maximum absolute atomic E-state index is 11.7. The van der Waals surface area contributed by atoms with Crippen LogP contribution in [0.3, 0.4) is 0 Å². The van der Waals surface area contributed by atoms with Crippen LogP contribution in [0.15, 0.2) is 0 Å². The van der Waals surface area contributed by atoms with E-state index in [0.717, 1.165) is 52.4 Å². The van der Waals surface area contributed by atoms with E-state index in [1.807, 2.05) is 0 Å². The molecule has 0 bridgehead atoms. The molecule has 2 aliphatic heterocycles. The average molecular weight is 214 g/mol. The largest absolute Gasteiger partial charge is 0.429 e. The molecule has 6 heteroatoms. The van der Waals surface area contributed by atoms with Crippen LogP contribution >= 0.6 is 0 Å². The lowest BCUT2D eigenvalue weighted by molar-refractivity contribution is -0.118. The highest BCUT2D eigenvalue weighted by Crippen LogP contribution is 2.01. The summed E-state index contributed by atoms with van der Waals surface area (Å²) >= 11 is 0. The number of hydrogen-bond donors (Lipinski definition) is 2. The summed E-state index contributed by atoms with van der Waals surface area (Å²) in [4.78, 5) is 18.7. The predicted molar refractivity (Wildman–Crippen MR) is 55.4 cm³/mol. The van der Waals surface area contributed by atoms with Crippen molar-refractivity contribution in [2.75, 3.05) is 52.4 Å². The van der Waals surface area contributed by atoms with Gasteiger partial charge in [-0.05, 0) is 0 Å². The van der Waals surface area contributed by atoms with Gasteiger partial charge in [-0.1, -0.05) is 0 Å². The summed E-state index contributed by atoms with van der Waals surface area (Å²) in [5.74, 6) is 0. The Kier molecular flexibility index (Phi) is 3.76. The quantitative estimate of drug-likeness (QED) is 0.577. The highest BCUT2D eigenvalue weighted by atomic mass is 16.7. The first kappa shape index (κ1) is 10.7. The fraction of sp³-hybridized carbons (Fsp3) is 0.889. The maximum Gasteiger partial charge on any atom is 0.429 e. The zero-order chi connectivity index (χ0) is 10.5. The highest BCUT2D eigenvalue weighted by Gasteiger charge is 2.21. The van der Waals surface area contributed by atoms with Crippen molar-refractivity contribution in [2.24, 2.45) is 0 Å². The molecule has 0 saturated carbocycles. The molecule has 0 unspecified atom stereocenters. The van der Waals surface area contributed by atoms with Crippen LogP contribution in [0.5, 0.6) is 0 Å². The second-order valence-corrected chi connectivity index (χ2v) is 3.77. The van der Waals surface area contributed by atoms with Gasteiger partial charge in [0, 0.05) is 52.4 Å². The predicted octanol–water partition coefficient (Wildman–Crippen LogP) is -1.15. The molecule has 2 heterocycles. The Hall–Kier alpha value is -0.850. The maximum atomic E-state index is 11.7. The molecule has 2 aliphatic rings. The molecule has 6 nitrogen and oxygen atoms in total. The SMILES string of the molecule is O=C(ON1CCNCC1)N1CCNCC1. The summed E-state index contributed by atoms with van der Waals surface area (Å²) in [7, 11) is 0. The molecule has 0 atom stereocenters. The first-order valence-corrected chi connectivity index (χ1v) is 5.49. The summed E-state index contributed by atoms with van der Waals surface area (Å²) in [6, 6.07) is 0. The molecular formula is C9H18N4O2. The third-order valence-corrected chi connectivity index (χ3v) is 2.66. The van der Waals surface area contributed by atoms with E-state index < -0.39 is 0 Å². The van der Waals surface area contributed by atoms with Crippen LogP contribution in [-0.4, -0.2) is 68.4 Å². The van der Waals surface area contributed by atoms with Crippen LogP contribution in [0.4, 0.5) is 4.79 Å². The standard InChI is InChI=1S/C9H18N4O2/c14-9(12-5-1-10-2-6-12)15-13-7-3-11-4-8-13/h10-11H,1-8H2. The van der Waals surface area contributed by atoms with Crippen LogP contribution in [0, 0.1) is 0 Å². The molecule has 0 aromatic rings. The van der Waals surface area contributed by atoms with Crippen LogP contribution in [0.25, 0.3) is 0 Å². The van der Waals surface area contributed by atoms with Gasteiger partial charge in [0.15, 0.2) is 0 Å². The third-order valence-electron chi connectivity index (χ3n) is 2.66. The first-order valence-electron chi connectivity index (χ1n) is 5.49. The van der Waals surface area contributed by atoms with Gasteiger partial charge in [0.2, 0.25) is 0 Å². The summed E-state index contributed by atoms with van der Waals surface area (Å²) in [6.07, 6.45) is -0.210. The van der Waals surface area contributed by atoms with Crippen molar-refractivity contribution in [1.82, 2.24) is 20.6 Å². The van der Waals surface area contributed by atoms with Gasteiger partial charge in [0.1, 0.15) is 0 Å². The molecule has 2 rings (SSSR count). The van der Waals surface area contributed by atoms with Gasteiger partial charge in [-0.15, -0.1) is 5.06 Å². The van der Waals surface area contributed by atoms with Crippen molar-refractivity contribution in [2.45, 2.75) is 0 Å². The molecule has 2 N–H and O–H groups in total. The molecule has 2 fully saturated rings. The van der Waals surface area contributed by atoms with Gasteiger partial charge in [0.05, 0.1) is 0 Å². The van der Waals surface area contributed by atoms with E-state index in [-0.39, 0.29) is 6.09 Å². The van der Waals surface area contributed by atoms with Crippen molar-refractivity contribution >= 4 is 6.09 Å². The molecule has 86 valence electrons. The Morgan fingerprint density at radius 2 is 1.47 bits per heavy atom. The fourth-order valence-electron chi connectivity index (χ4n) is 1.75. The summed E-state index contributed by atoms with van der Waals surface area (Å²) in [6.45, 7) is 6.52. The summed E-state index contributed by atoms with van der Waals surface area (Å²) < 4.78 is 0. The number of carbonyl (C=O) groups excluding carboxylic acids is 1. The minimum absolute atomic E-state index is 0.210. The Balaban J connectivity index is 1.74. The minimum Gasteiger partial charge on any atom is -0.351 e. The van der Waals surface area contributed by atoms with Crippen molar-refractivity contribution in [3.8, 4) is 0 Å². The van der Waals surface area contributed by atoms with Gasteiger partial charge in [-0.3, -0.25) is 0 Å². The van der Waals surface area contributed by atoms with Crippen molar-refractivity contribution in [3.63, 3.8) is 0 Å². The molecule has 15 heavy (non-hydrogen) atoms. The van der Waals surface area contributed by atoms with Gasteiger partial charge in [-0.2, -0.15) is 0 Å². The Morgan fingerprint density at radius 1 is 0.933 bits per heavy atom. The van der Waals surface area contributed by atoms with E-state index in [2.05, 4.69) is 10.6 Å². The first-order chi connectivity index (χ1) is 7.36. The molecule has 0 aliphatic carbocycles.